The van der Waals surface area contributed by atoms with E-state index in [9.17, 15) is 9.18 Å². The molecule has 0 aliphatic heterocycles. The molecule has 7 heteroatoms. The number of benzene rings is 3. The topological polar surface area (TPSA) is 52.2 Å². The van der Waals surface area contributed by atoms with Crippen molar-refractivity contribution in [1.29, 1.82) is 0 Å². The third kappa shape index (κ3) is 4.68. The Hall–Kier alpha value is -3.58. The summed E-state index contributed by atoms with van der Waals surface area (Å²) in [5.74, 6) is 0.402. The molecule has 0 N–H and O–H groups in total. The number of rotatable bonds is 7. The van der Waals surface area contributed by atoms with Gasteiger partial charge in [0.05, 0.1) is 23.7 Å². The summed E-state index contributed by atoms with van der Waals surface area (Å²) >= 11 is 3.45. The first kappa shape index (κ1) is 23.2. The van der Waals surface area contributed by atoms with E-state index in [0.717, 1.165) is 33.8 Å². The Morgan fingerprint density at radius 2 is 1.86 bits per heavy atom. The quantitative estimate of drug-likeness (QED) is 0.225. The van der Waals surface area contributed by atoms with E-state index in [0.29, 0.717) is 35.3 Å². The second kappa shape index (κ2) is 9.96. The van der Waals surface area contributed by atoms with Crippen molar-refractivity contribution in [2.45, 2.75) is 32.7 Å². The van der Waals surface area contributed by atoms with E-state index in [1.54, 1.807) is 24.4 Å². The molecule has 0 fully saturated rings. The summed E-state index contributed by atoms with van der Waals surface area (Å²) in [5, 5.41) is 6.10. The Balaban J connectivity index is 1.60. The third-order valence-electron chi connectivity index (χ3n) is 6.06. The summed E-state index contributed by atoms with van der Waals surface area (Å²) < 4.78 is 18.5. The fraction of sp³-hybridized carbons (Fsp3) is 0.179. The van der Waals surface area contributed by atoms with Crippen molar-refractivity contribution in [2.24, 2.45) is 5.10 Å². The monoisotopic (exact) mass is 530 g/mol. The molecule has 0 aliphatic carbocycles. The number of aryl methyl sites for hydroxylation is 1. The third-order valence-corrected chi connectivity index (χ3v) is 6.55. The van der Waals surface area contributed by atoms with Crippen LogP contribution in [-0.2, 0) is 13.0 Å². The molecule has 0 saturated heterocycles. The lowest BCUT2D eigenvalue weighted by molar-refractivity contribution is 0.602. The Morgan fingerprint density at radius 1 is 1.06 bits per heavy atom. The van der Waals surface area contributed by atoms with Gasteiger partial charge in [-0.3, -0.25) is 4.79 Å². The van der Waals surface area contributed by atoms with Crippen LogP contribution in [0.15, 0.2) is 87.3 Å². The van der Waals surface area contributed by atoms with Crippen LogP contribution in [0.1, 0.15) is 36.7 Å². The second-order valence-corrected chi connectivity index (χ2v) is 9.39. The zero-order valence-corrected chi connectivity index (χ0v) is 20.9. The maximum atomic E-state index is 14.3. The van der Waals surface area contributed by atoms with Gasteiger partial charge < -0.3 is 4.57 Å². The summed E-state index contributed by atoms with van der Waals surface area (Å²) in [6.07, 6.45) is 6.20. The number of hydrogen-bond donors (Lipinski definition) is 0. The van der Waals surface area contributed by atoms with Gasteiger partial charge in [-0.2, -0.15) is 9.78 Å². The van der Waals surface area contributed by atoms with E-state index >= 15 is 0 Å². The van der Waals surface area contributed by atoms with Crippen LogP contribution in [0.4, 0.5) is 4.39 Å². The molecule has 0 atom stereocenters. The largest absolute Gasteiger partial charge is 0.342 e. The van der Waals surface area contributed by atoms with Gasteiger partial charge in [0.25, 0.3) is 5.56 Å². The zero-order chi connectivity index (χ0) is 24.4. The highest BCUT2D eigenvalue weighted by Gasteiger charge is 2.13. The molecule has 0 amide bonds. The van der Waals surface area contributed by atoms with Crippen LogP contribution >= 0.6 is 15.9 Å². The van der Waals surface area contributed by atoms with Crippen molar-refractivity contribution in [3.63, 3.8) is 0 Å². The molecular formula is C28H24BrFN4O. The zero-order valence-electron chi connectivity index (χ0n) is 19.3. The molecule has 0 saturated carbocycles. The maximum Gasteiger partial charge on any atom is 0.282 e. The molecule has 5 aromatic rings. The molecular weight excluding hydrogens is 507 g/mol. The van der Waals surface area contributed by atoms with E-state index in [1.165, 1.54) is 10.7 Å². The molecule has 2 heterocycles. The van der Waals surface area contributed by atoms with Gasteiger partial charge in [-0.15, -0.1) is 0 Å². The van der Waals surface area contributed by atoms with Crippen LogP contribution in [0, 0.1) is 5.82 Å². The normalized spacial score (nSPS) is 11.7. The summed E-state index contributed by atoms with van der Waals surface area (Å²) in [4.78, 5) is 18.1. The smallest absolute Gasteiger partial charge is 0.282 e. The number of para-hydroxylation sites is 1. The Bertz CT molecular complexity index is 1620. The Kier molecular flexibility index (Phi) is 6.59. The van der Waals surface area contributed by atoms with E-state index in [-0.39, 0.29) is 11.4 Å². The van der Waals surface area contributed by atoms with Gasteiger partial charge in [-0.05, 0) is 36.8 Å². The number of aromatic nitrogens is 3. The van der Waals surface area contributed by atoms with Crippen LogP contribution in [0.3, 0.4) is 0 Å². The van der Waals surface area contributed by atoms with Gasteiger partial charge in [-0.1, -0.05) is 65.7 Å². The lowest BCUT2D eigenvalue weighted by atomic mass is 10.2. The van der Waals surface area contributed by atoms with E-state index in [2.05, 4.69) is 28.0 Å². The minimum absolute atomic E-state index is 0.200. The van der Waals surface area contributed by atoms with Gasteiger partial charge in [0.1, 0.15) is 11.6 Å². The minimum Gasteiger partial charge on any atom is -0.342 e. The van der Waals surface area contributed by atoms with Crippen LogP contribution in [0.25, 0.3) is 21.8 Å². The van der Waals surface area contributed by atoms with Crippen LogP contribution in [0.2, 0.25) is 0 Å². The van der Waals surface area contributed by atoms with Crippen LogP contribution < -0.4 is 5.56 Å². The Morgan fingerprint density at radius 3 is 2.69 bits per heavy atom. The predicted octanol–water partition coefficient (Wildman–Crippen LogP) is 6.53. The van der Waals surface area contributed by atoms with Gasteiger partial charge in [-0.25, -0.2) is 9.37 Å². The average Bonchev–Trinajstić information content (AvgIpc) is 3.21. The molecule has 3 aromatic carbocycles. The fourth-order valence-corrected chi connectivity index (χ4v) is 4.61. The standard InChI is InChI=1S/C28H24BrFN4O/c1-2-3-12-27-32-25-14-13-21(29)15-23(25)28(35)34(27)31-16-20-18-33(26-11-7-5-9-22(20)26)17-19-8-4-6-10-24(19)30/h4-11,13-16,18H,2-3,12,17H2,1H3. The lowest BCUT2D eigenvalue weighted by Gasteiger charge is -2.09. The van der Waals surface area contributed by atoms with Crippen LogP contribution in [0.5, 0.6) is 0 Å². The highest BCUT2D eigenvalue weighted by atomic mass is 79.9. The van der Waals surface area contributed by atoms with Gasteiger partial charge in [0.2, 0.25) is 0 Å². The molecule has 0 bridgehead atoms. The van der Waals surface area contributed by atoms with Gasteiger partial charge >= 0.3 is 0 Å². The molecule has 2 aromatic heterocycles. The van der Waals surface area contributed by atoms with Crippen molar-refractivity contribution >= 4 is 44.0 Å². The van der Waals surface area contributed by atoms with Crippen LogP contribution in [-0.4, -0.2) is 20.4 Å². The molecule has 0 radical (unpaired) electrons. The molecule has 176 valence electrons. The number of fused-ring (bicyclic) bond motifs is 2. The molecule has 0 spiro atoms. The van der Waals surface area contributed by atoms with Crippen molar-refractivity contribution in [3.05, 3.63) is 111 Å². The number of hydrogen-bond acceptors (Lipinski definition) is 3. The minimum atomic E-state index is -0.235. The van der Waals surface area contributed by atoms with Crippen molar-refractivity contribution in [3.8, 4) is 0 Å². The molecule has 5 rings (SSSR count). The predicted molar refractivity (Wildman–Crippen MR) is 143 cm³/mol. The van der Waals surface area contributed by atoms with E-state index in [1.807, 2.05) is 53.2 Å². The summed E-state index contributed by atoms with van der Waals surface area (Å²) in [6.45, 7) is 2.50. The summed E-state index contributed by atoms with van der Waals surface area (Å²) in [5.41, 5.74) is 2.89. The van der Waals surface area contributed by atoms with Crippen molar-refractivity contribution in [2.75, 3.05) is 0 Å². The molecule has 0 unspecified atom stereocenters. The first-order chi connectivity index (χ1) is 17.0. The van der Waals surface area contributed by atoms with Gasteiger partial charge in [0.15, 0.2) is 0 Å². The van der Waals surface area contributed by atoms with Crippen molar-refractivity contribution in [1.82, 2.24) is 14.2 Å². The van der Waals surface area contributed by atoms with E-state index in [4.69, 9.17) is 4.98 Å². The SMILES string of the molecule is CCCCc1nc2ccc(Br)cc2c(=O)n1N=Cc1cn(Cc2ccccc2F)c2ccccc12. The molecule has 5 nitrogen and oxygen atoms in total. The fourth-order valence-electron chi connectivity index (χ4n) is 4.25. The number of unbranched alkanes of at least 4 members (excludes halogenated alkanes) is 1. The summed E-state index contributed by atoms with van der Waals surface area (Å²) in [7, 11) is 0. The Labute approximate surface area is 210 Å². The first-order valence-corrected chi connectivity index (χ1v) is 12.4. The summed E-state index contributed by atoms with van der Waals surface area (Å²) in [6, 6.07) is 20.2. The van der Waals surface area contributed by atoms with Crippen molar-refractivity contribution < 1.29 is 4.39 Å². The van der Waals surface area contributed by atoms with Gasteiger partial charge in [0, 0.05) is 39.1 Å². The molecule has 35 heavy (non-hydrogen) atoms. The van der Waals surface area contributed by atoms with E-state index < -0.39 is 0 Å². The highest BCUT2D eigenvalue weighted by molar-refractivity contribution is 9.10. The molecule has 0 aliphatic rings. The first-order valence-electron chi connectivity index (χ1n) is 11.6. The second-order valence-electron chi connectivity index (χ2n) is 8.48. The number of nitrogens with zero attached hydrogens (tertiary/aromatic N) is 4. The average molecular weight is 531 g/mol. The number of halogens is 2. The lowest BCUT2D eigenvalue weighted by Crippen LogP contribution is -2.22. The maximum absolute atomic E-state index is 14.3. The highest BCUT2D eigenvalue weighted by Crippen LogP contribution is 2.22.